The molecule has 0 bridgehead atoms. The number of nitrogens with zero attached hydrogens (tertiary/aromatic N) is 1. The Labute approximate surface area is 107 Å². The standard InChI is InChI=1S/C12H18N2O3S/c13-18(16,17)12-6-4-10(5-7-12)14-8-2-1-3-11(14)9-15/h4-7,11,15H,1-3,8-9H2,(H2,13,16,17). The second-order valence-corrected chi connectivity index (χ2v) is 6.13. The van der Waals surface area contributed by atoms with Gasteiger partial charge in [0.05, 0.1) is 17.5 Å². The minimum Gasteiger partial charge on any atom is -0.394 e. The van der Waals surface area contributed by atoms with Crippen molar-refractivity contribution >= 4 is 15.7 Å². The highest BCUT2D eigenvalue weighted by Crippen LogP contribution is 2.25. The Morgan fingerprint density at radius 1 is 1.28 bits per heavy atom. The number of nitrogens with two attached hydrogens (primary N) is 1. The van der Waals surface area contributed by atoms with E-state index in [1.807, 2.05) is 0 Å². The molecule has 1 aliphatic rings. The minimum atomic E-state index is -3.64. The van der Waals surface area contributed by atoms with Crippen molar-refractivity contribution in [3.05, 3.63) is 24.3 Å². The van der Waals surface area contributed by atoms with Crippen molar-refractivity contribution in [2.24, 2.45) is 5.14 Å². The molecule has 5 nitrogen and oxygen atoms in total. The Hall–Kier alpha value is -1.11. The van der Waals surface area contributed by atoms with E-state index in [0.29, 0.717) is 0 Å². The average molecular weight is 270 g/mol. The molecule has 0 saturated carbocycles. The quantitative estimate of drug-likeness (QED) is 0.846. The number of primary sulfonamides is 1. The summed E-state index contributed by atoms with van der Waals surface area (Å²) in [5.74, 6) is 0. The van der Waals surface area contributed by atoms with Crippen LogP contribution < -0.4 is 10.0 Å². The van der Waals surface area contributed by atoms with Gasteiger partial charge in [0, 0.05) is 12.2 Å². The molecule has 1 aliphatic heterocycles. The first kappa shape index (κ1) is 13.3. The molecule has 6 heteroatoms. The van der Waals surface area contributed by atoms with E-state index in [-0.39, 0.29) is 17.5 Å². The number of aliphatic hydroxyl groups excluding tert-OH is 1. The zero-order valence-electron chi connectivity index (χ0n) is 10.1. The first-order valence-corrected chi connectivity index (χ1v) is 7.57. The largest absolute Gasteiger partial charge is 0.394 e. The van der Waals surface area contributed by atoms with E-state index in [4.69, 9.17) is 5.14 Å². The summed E-state index contributed by atoms with van der Waals surface area (Å²) < 4.78 is 22.3. The van der Waals surface area contributed by atoms with Crippen LogP contribution in [0.2, 0.25) is 0 Å². The van der Waals surface area contributed by atoms with Gasteiger partial charge in [-0.2, -0.15) is 0 Å². The Balaban J connectivity index is 2.23. The summed E-state index contributed by atoms with van der Waals surface area (Å²) in [5.41, 5.74) is 0.932. The molecular formula is C12H18N2O3S. The summed E-state index contributed by atoms with van der Waals surface area (Å²) in [6.07, 6.45) is 3.18. The topological polar surface area (TPSA) is 83.6 Å². The summed E-state index contributed by atoms with van der Waals surface area (Å²) in [6.45, 7) is 1.01. The molecule has 1 atom stereocenters. The van der Waals surface area contributed by atoms with Gasteiger partial charge >= 0.3 is 0 Å². The van der Waals surface area contributed by atoms with Crippen LogP contribution in [0.5, 0.6) is 0 Å². The molecule has 1 heterocycles. The van der Waals surface area contributed by atoms with Crippen LogP contribution in [0.25, 0.3) is 0 Å². The molecule has 0 radical (unpaired) electrons. The highest BCUT2D eigenvalue weighted by molar-refractivity contribution is 7.89. The lowest BCUT2D eigenvalue weighted by atomic mass is 10.0. The second-order valence-electron chi connectivity index (χ2n) is 4.56. The average Bonchev–Trinajstić information content (AvgIpc) is 2.38. The zero-order valence-corrected chi connectivity index (χ0v) is 10.9. The number of anilines is 1. The van der Waals surface area contributed by atoms with Crippen molar-refractivity contribution in [1.82, 2.24) is 0 Å². The Morgan fingerprint density at radius 2 is 1.94 bits per heavy atom. The van der Waals surface area contributed by atoms with Crippen molar-refractivity contribution in [3.8, 4) is 0 Å². The molecule has 0 spiro atoms. The van der Waals surface area contributed by atoms with E-state index in [2.05, 4.69) is 4.90 Å². The molecule has 0 amide bonds. The van der Waals surface area contributed by atoms with Crippen LogP contribution in [-0.2, 0) is 10.0 Å². The van der Waals surface area contributed by atoms with Crippen molar-refractivity contribution < 1.29 is 13.5 Å². The third-order valence-corrected chi connectivity index (χ3v) is 4.26. The van der Waals surface area contributed by atoms with Crippen LogP contribution in [0, 0.1) is 0 Å². The predicted molar refractivity (Wildman–Crippen MR) is 69.9 cm³/mol. The van der Waals surface area contributed by atoms with E-state index in [0.717, 1.165) is 31.5 Å². The fourth-order valence-electron chi connectivity index (χ4n) is 2.36. The molecule has 0 aromatic heterocycles. The number of benzene rings is 1. The molecule has 1 aromatic carbocycles. The summed E-state index contributed by atoms with van der Waals surface area (Å²) in [7, 11) is -3.64. The van der Waals surface area contributed by atoms with E-state index in [1.165, 1.54) is 12.1 Å². The number of sulfonamides is 1. The van der Waals surface area contributed by atoms with Crippen LogP contribution in [0.4, 0.5) is 5.69 Å². The van der Waals surface area contributed by atoms with Crippen molar-refractivity contribution in [2.75, 3.05) is 18.1 Å². The molecular weight excluding hydrogens is 252 g/mol. The van der Waals surface area contributed by atoms with E-state index in [1.54, 1.807) is 12.1 Å². The lowest BCUT2D eigenvalue weighted by Gasteiger charge is -2.36. The van der Waals surface area contributed by atoms with Gasteiger partial charge in [-0.15, -0.1) is 0 Å². The third kappa shape index (κ3) is 2.82. The molecule has 1 aromatic rings. The molecule has 3 N–H and O–H groups in total. The Bertz CT molecular complexity index is 499. The third-order valence-electron chi connectivity index (χ3n) is 3.33. The summed E-state index contributed by atoms with van der Waals surface area (Å²) in [5, 5.41) is 14.4. The number of hydrogen-bond donors (Lipinski definition) is 2. The maximum Gasteiger partial charge on any atom is 0.238 e. The number of piperidine rings is 1. The van der Waals surface area contributed by atoms with Gasteiger partial charge in [0.1, 0.15) is 0 Å². The zero-order chi connectivity index (χ0) is 13.2. The van der Waals surface area contributed by atoms with Gasteiger partial charge in [-0.1, -0.05) is 0 Å². The van der Waals surface area contributed by atoms with Gasteiger partial charge in [-0.3, -0.25) is 0 Å². The van der Waals surface area contributed by atoms with Crippen LogP contribution in [0.1, 0.15) is 19.3 Å². The van der Waals surface area contributed by atoms with E-state index in [9.17, 15) is 13.5 Å². The van der Waals surface area contributed by atoms with E-state index >= 15 is 0 Å². The summed E-state index contributed by atoms with van der Waals surface area (Å²) in [6, 6.07) is 6.63. The maximum atomic E-state index is 11.2. The number of hydrogen-bond acceptors (Lipinski definition) is 4. The van der Waals surface area contributed by atoms with Gasteiger partial charge in [-0.05, 0) is 43.5 Å². The second kappa shape index (κ2) is 5.26. The van der Waals surface area contributed by atoms with Crippen LogP contribution in [0.3, 0.4) is 0 Å². The highest BCUT2D eigenvalue weighted by atomic mass is 32.2. The van der Waals surface area contributed by atoms with Crippen molar-refractivity contribution in [3.63, 3.8) is 0 Å². The first-order valence-electron chi connectivity index (χ1n) is 6.03. The smallest absolute Gasteiger partial charge is 0.238 e. The number of rotatable bonds is 3. The molecule has 100 valence electrons. The summed E-state index contributed by atoms with van der Waals surface area (Å²) in [4.78, 5) is 2.24. The maximum absolute atomic E-state index is 11.2. The molecule has 1 unspecified atom stereocenters. The summed E-state index contributed by atoms with van der Waals surface area (Å²) >= 11 is 0. The van der Waals surface area contributed by atoms with Gasteiger partial charge in [0.25, 0.3) is 0 Å². The molecule has 1 saturated heterocycles. The van der Waals surface area contributed by atoms with Crippen LogP contribution >= 0.6 is 0 Å². The molecule has 18 heavy (non-hydrogen) atoms. The van der Waals surface area contributed by atoms with Crippen LogP contribution in [0.15, 0.2) is 29.2 Å². The fourth-order valence-corrected chi connectivity index (χ4v) is 2.87. The van der Waals surface area contributed by atoms with Crippen LogP contribution in [-0.4, -0.2) is 32.7 Å². The SMILES string of the molecule is NS(=O)(=O)c1ccc(N2CCCCC2CO)cc1. The first-order chi connectivity index (χ1) is 8.52. The predicted octanol–water partition coefficient (Wildman–Crippen LogP) is 0.685. The minimum absolute atomic E-state index is 0.115. The van der Waals surface area contributed by atoms with Gasteiger partial charge in [-0.25, -0.2) is 13.6 Å². The number of aliphatic hydroxyl groups is 1. The van der Waals surface area contributed by atoms with E-state index < -0.39 is 10.0 Å². The monoisotopic (exact) mass is 270 g/mol. The van der Waals surface area contributed by atoms with Gasteiger partial charge < -0.3 is 10.0 Å². The Morgan fingerprint density at radius 3 is 2.50 bits per heavy atom. The fraction of sp³-hybridized carbons (Fsp3) is 0.500. The normalized spacial score (nSPS) is 21.0. The van der Waals surface area contributed by atoms with Crippen molar-refractivity contribution in [2.45, 2.75) is 30.2 Å². The van der Waals surface area contributed by atoms with Gasteiger partial charge in [0.15, 0.2) is 0 Å². The Kier molecular flexibility index (Phi) is 3.89. The lowest BCUT2D eigenvalue weighted by Crippen LogP contribution is -2.41. The van der Waals surface area contributed by atoms with Gasteiger partial charge in [0.2, 0.25) is 10.0 Å². The molecule has 1 fully saturated rings. The highest BCUT2D eigenvalue weighted by Gasteiger charge is 2.22. The van der Waals surface area contributed by atoms with Crippen molar-refractivity contribution in [1.29, 1.82) is 0 Å². The molecule has 0 aliphatic carbocycles. The molecule has 2 rings (SSSR count). The lowest BCUT2D eigenvalue weighted by molar-refractivity contribution is 0.240.